The number of benzene rings is 1. The van der Waals surface area contributed by atoms with Crippen LogP contribution in [0.4, 0.5) is 0 Å². The van der Waals surface area contributed by atoms with Crippen LogP contribution in [0.1, 0.15) is 20.8 Å². The molecule has 0 saturated carbocycles. The van der Waals surface area contributed by atoms with Crippen molar-refractivity contribution in [2.75, 3.05) is 33.5 Å². The van der Waals surface area contributed by atoms with Crippen LogP contribution >= 0.6 is 0 Å². The van der Waals surface area contributed by atoms with Crippen molar-refractivity contribution in [1.29, 1.82) is 0 Å². The summed E-state index contributed by atoms with van der Waals surface area (Å²) in [7, 11) is 1.65. The Morgan fingerprint density at radius 1 is 1.24 bits per heavy atom. The Bertz CT molecular complexity index is 626. The van der Waals surface area contributed by atoms with Crippen molar-refractivity contribution in [2.24, 2.45) is 4.99 Å². The summed E-state index contributed by atoms with van der Waals surface area (Å²) in [6.07, 6.45) is 0. The molecular weight excluding hydrogens is 324 g/mol. The van der Waals surface area contributed by atoms with Crippen molar-refractivity contribution < 1.29 is 19.0 Å². The Labute approximate surface area is 147 Å². The molecule has 0 aliphatic carbocycles. The fourth-order valence-corrected chi connectivity index (χ4v) is 2.15. The number of carbonyl (C=O) groups excluding carboxylic acids is 1. The van der Waals surface area contributed by atoms with Gasteiger partial charge in [0.2, 0.25) is 12.7 Å². The average Bonchev–Trinajstić information content (AvgIpc) is 3.00. The first-order valence-electron chi connectivity index (χ1n) is 8.15. The smallest absolute Gasteiger partial charge is 0.239 e. The van der Waals surface area contributed by atoms with Gasteiger partial charge in [-0.3, -0.25) is 9.79 Å². The molecule has 0 radical (unpaired) electrons. The van der Waals surface area contributed by atoms with Crippen molar-refractivity contribution >= 4 is 11.9 Å². The third kappa shape index (κ3) is 6.40. The second-order valence-electron chi connectivity index (χ2n) is 6.51. The van der Waals surface area contributed by atoms with Crippen LogP contribution in [-0.2, 0) is 4.79 Å². The first-order valence-corrected chi connectivity index (χ1v) is 8.15. The van der Waals surface area contributed by atoms with Gasteiger partial charge in [-0.1, -0.05) is 0 Å². The summed E-state index contributed by atoms with van der Waals surface area (Å²) in [6, 6.07) is 5.45. The van der Waals surface area contributed by atoms with E-state index in [1.807, 2.05) is 32.9 Å². The molecule has 3 N–H and O–H groups in total. The summed E-state index contributed by atoms with van der Waals surface area (Å²) in [5, 5.41) is 8.92. The molecule has 138 valence electrons. The molecule has 0 bridgehead atoms. The summed E-state index contributed by atoms with van der Waals surface area (Å²) in [4.78, 5) is 15.9. The number of fused-ring (bicyclic) bond motifs is 1. The van der Waals surface area contributed by atoms with Gasteiger partial charge in [0.1, 0.15) is 12.4 Å². The van der Waals surface area contributed by atoms with Crippen LogP contribution in [0, 0.1) is 0 Å². The van der Waals surface area contributed by atoms with E-state index in [0.29, 0.717) is 30.6 Å². The van der Waals surface area contributed by atoms with E-state index in [4.69, 9.17) is 14.2 Å². The number of rotatable bonds is 6. The quantitative estimate of drug-likeness (QED) is 0.401. The second kappa shape index (κ2) is 8.46. The molecule has 0 atom stereocenters. The molecule has 0 spiro atoms. The van der Waals surface area contributed by atoms with Crippen molar-refractivity contribution in [3.63, 3.8) is 0 Å². The molecule has 25 heavy (non-hydrogen) atoms. The van der Waals surface area contributed by atoms with Gasteiger partial charge in [0, 0.05) is 18.7 Å². The minimum Gasteiger partial charge on any atom is -0.492 e. The molecule has 8 nitrogen and oxygen atoms in total. The van der Waals surface area contributed by atoms with Gasteiger partial charge in [-0.25, -0.2) is 0 Å². The van der Waals surface area contributed by atoms with Gasteiger partial charge in [0.15, 0.2) is 17.5 Å². The van der Waals surface area contributed by atoms with Gasteiger partial charge in [-0.15, -0.1) is 0 Å². The number of nitrogens with zero attached hydrogens (tertiary/aromatic N) is 1. The highest BCUT2D eigenvalue weighted by Crippen LogP contribution is 2.34. The number of guanidine groups is 1. The van der Waals surface area contributed by atoms with E-state index >= 15 is 0 Å². The molecule has 1 aliphatic rings. The zero-order valence-electron chi connectivity index (χ0n) is 15.1. The minimum atomic E-state index is -0.256. The average molecular weight is 350 g/mol. The van der Waals surface area contributed by atoms with Crippen molar-refractivity contribution in [1.82, 2.24) is 16.0 Å². The monoisotopic (exact) mass is 350 g/mol. The van der Waals surface area contributed by atoms with Crippen molar-refractivity contribution in [3.8, 4) is 17.2 Å². The van der Waals surface area contributed by atoms with E-state index in [1.54, 1.807) is 13.1 Å². The largest absolute Gasteiger partial charge is 0.492 e. The van der Waals surface area contributed by atoms with E-state index in [2.05, 4.69) is 20.9 Å². The zero-order valence-corrected chi connectivity index (χ0v) is 15.1. The Balaban J connectivity index is 1.66. The van der Waals surface area contributed by atoms with E-state index in [0.717, 1.165) is 5.75 Å². The molecule has 0 unspecified atom stereocenters. The highest BCUT2D eigenvalue weighted by atomic mass is 16.7. The lowest BCUT2D eigenvalue weighted by atomic mass is 10.1. The van der Waals surface area contributed by atoms with E-state index in [-0.39, 0.29) is 24.8 Å². The normalized spacial score (nSPS) is 13.4. The predicted molar refractivity (Wildman–Crippen MR) is 95.3 cm³/mol. The van der Waals surface area contributed by atoms with Crippen LogP contribution in [-0.4, -0.2) is 50.9 Å². The van der Waals surface area contributed by atoms with Gasteiger partial charge in [0.25, 0.3) is 0 Å². The number of hydrogen-bond acceptors (Lipinski definition) is 5. The fourth-order valence-electron chi connectivity index (χ4n) is 2.15. The topological polar surface area (TPSA) is 93.2 Å². The summed E-state index contributed by atoms with van der Waals surface area (Å²) >= 11 is 0. The Morgan fingerprint density at radius 3 is 2.72 bits per heavy atom. The maximum absolute atomic E-state index is 11.8. The summed E-state index contributed by atoms with van der Waals surface area (Å²) in [5.41, 5.74) is -0.256. The number of aliphatic imine (C=N–C) groups is 1. The molecule has 1 aliphatic heterocycles. The molecule has 1 heterocycles. The van der Waals surface area contributed by atoms with Crippen molar-refractivity contribution in [2.45, 2.75) is 26.3 Å². The molecule has 1 aromatic rings. The Morgan fingerprint density at radius 2 is 2.00 bits per heavy atom. The molecule has 1 amide bonds. The standard InChI is InChI=1S/C17H26N4O4/c1-17(2,3)21-15(22)10-20-16(18-4)19-7-8-23-12-5-6-13-14(9-12)25-11-24-13/h5-6,9H,7-8,10-11H2,1-4H3,(H,21,22)(H2,18,19,20). The number of amides is 1. The summed E-state index contributed by atoms with van der Waals surface area (Å²) < 4.78 is 16.2. The minimum absolute atomic E-state index is 0.0907. The maximum Gasteiger partial charge on any atom is 0.239 e. The number of ether oxygens (including phenoxy) is 3. The third-order valence-electron chi connectivity index (χ3n) is 3.16. The van der Waals surface area contributed by atoms with E-state index in [1.165, 1.54) is 0 Å². The second-order valence-corrected chi connectivity index (χ2v) is 6.51. The highest BCUT2D eigenvalue weighted by molar-refractivity contribution is 5.86. The van der Waals surface area contributed by atoms with Gasteiger partial charge in [-0.2, -0.15) is 0 Å². The Hall–Kier alpha value is -2.64. The third-order valence-corrected chi connectivity index (χ3v) is 3.16. The summed E-state index contributed by atoms with van der Waals surface area (Å²) in [5.74, 6) is 2.57. The zero-order chi connectivity index (χ0) is 18.3. The highest BCUT2D eigenvalue weighted by Gasteiger charge is 2.14. The van der Waals surface area contributed by atoms with Crippen LogP contribution in [0.15, 0.2) is 23.2 Å². The van der Waals surface area contributed by atoms with Crippen LogP contribution in [0.25, 0.3) is 0 Å². The van der Waals surface area contributed by atoms with Gasteiger partial charge >= 0.3 is 0 Å². The number of carbonyl (C=O) groups is 1. The van der Waals surface area contributed by atoms with Gasteiger partial charge in [-0.05, 0) is 32.9 Å². The van der Waals surface area contributed by atoms with Crippen molar-refractivity contribution in [3.05, 3.63) is 18.2 Å². The maximum atomic E-state index is 11.8. The predicted octanol–water partition coefficient (Wildman–Crippen LogP) is 0.874. The number of nitrogens with one attached hydrogen (secondary N) is 3. The first kappa shape index (κ1) is 18.7. The SMILES string of the molecule is CN=C(NCCOc1ccc2c(c1)OCO2)NCC(=O)NC(C)(C)C. The van der Waals surface area contributed by atoms with Gasteiger partial charge in [0.05, 0.1) is 13.1 Å². The molecule has 0 aromatic heterocycles. The fraction of sp³-hybridized carbons (Fsp3) is 0.529. The van der Waals surface area contributed by atoms with Crippen LogP contribution in [0.5, 0.6) is 17.2 Å². The molecule has 8 heteroatoms. The molecule has 1 aromatic carbocycles. The lowest BCUT2D eigenvalue weighted by Gasteiger charge is -2.21. The van der Waals surface area contributed by atoms with Crippen LogP contribution in [0.2, 0.25) is 0 Å². The van der Waals surface area contributed by atoms with E-state index < -0.39 is 0 Å². The lowest BCUT2D eigenvalue weighted by molar-refractivity contribution is -0.121. The lowest BCUT2D eigenvalue weighted by Crippen LogP contribution is -2.48. The molecule has 0 saturated heterocycles. The number of hydrogen-bond donors (Lipinski definition) is 3. The van der Waals surface area contributed by atoms with Crippen LogP contribution < -0.4 is 30.2 Å². The van der Waals surface area contributed by atoms with Gasteiger partial charge < -0.3 is 30.2 Å². The van der Waals surface area contributed by atoms with E-state index in [9.17, 15) is 4.79 Å². The molecular formula is C17H26N4O4. The Kier molecular flexibility index (Phi) is 6.32. The summed E-state index contributed by atoms with van der Waals surface area (Å²) in [6.45, 7) is 7.18. The molecule has 0 fully saturated rings. The first-order chi connectivity index (χ1) is 11.9. The molecule has 2 rings (SSSR count). The van der Waals surface area contributed by atoms with Crippen LogP contribution in [0.3, 0.4) is 0 Å².